The smallest absolute Gasteiger partial charge is 0.330 e. The Kier molecular flexibility index (Phi) is 15.1. The second-order valence-corrected chi connectivity index (χ2v) is 8.67. The van der Waals surface area contributed by atoms with E-state index >= 15 is 0 Å². The monoisotopic (exact) mass is 550 g/mol. The standard InChI is InChI=1S/C27H34O12/c1-9-19(28)34-14-17(15-36-26(33)27(6,7)8)24(38-22(31)12-4)25(39-23(32)13-5)18(37-21(30)11-3)16-35-20(29)10-2/h9-13,17-18,24-25H,1-5,14-16H2,6-8H3. The molecule has 4 unspecified atom stereocenters. The lowest BCUT2D eigenvalue weighted by molar-refractivity contribution is -0.195. The maximum Gasteiger partial charge on any atom is 0.330 e. The molecule has 0 heterocycles. The van der Waals surface area contributed by atoms with E-state index in [-0.39, 0.29) is 0 Å². The number of carbonyl (C=O) groups is 6. The molecule has 0 aliphatic heterocycles. The average molecular weight is 551 g/mol. The Labute approximate surface area is 226 Å². The normalized spacial score (nSPS) is 13.5. The van der Waals surface area contributed by atoms with Gasteiger partial charge < -0.3 is 28.4 Å². The second kappa shape index (κ2) is 17.1. The van der Waals surface area contributed by atoms with E-state index < -0.39 is 85.3 Å². The molecule has 0 N–H and O–H groups in total. The molecule has 0 aromatic carbocycles. The van der Waals surface area contributed by atoms with Crippen LogP contribution in [0.2, 0.25) is 0 Å². The van der Waals surface area contributed by atoms with Gasteiger partial charge in [0.15, 0.2) is 18.3 Å². The summed E-state index contributed by atoms with van der Waals surface area (Å²) in [5, 5.41) is 0. The highest BCUT2D eigenvalue weighted by Crippen LogP contribution is 2.24. The molecule has 0 bridgehead atoms. The molecule has 0 aromatic heterocycles. The minimum absolute atomic E-state index is 0.522. The molecule has 0 rings (SSSR count). The van der Waals surface area contributed by atoms with Crippen molar-refractivity contribution in [1.82, 2.24) is 0 Å². The third kappa shape index (κ3) is 13.0. The molecule has 0 spiro atoms. The van der Waals surface area contributed by atoms with Crippen molar-refractivity contribution in [2.75, 3.05) is 19.8 Å². The molecule has 0 aromatic rings. The van der Waals surface area contributed by atoms with Crippen molar-refractivity contribution in [2.24, 2.45) is 11.3 Å². The molecule has 0 fully saturated rings. The first-order valence-electron chi connectivity index (χ1n) is 11.5. The van der Waals surface area contributed by atoms with Crippen LogP contribution in [-0.2, 0) is 57.2 Å². The number of hydrogen-bond acceptors (Lipinski definition) is 12. The van der Waals surface area contributed by atoms with Crippen molar-refractivity contribution in [2.45, 2.75) is 39.1 Å². The highest BCUT2D eigenvalue weighted by molar-refractivity contribution is 5.84. The SMILES string of the molecule is C=CC(=O)OCC(COC(=O)C(C)(C)C)C(OC(=O)C=C)C(OC(=O)C=C)C(COC(=O)C=C)OC(=O)C=C. The summed E-state index contributed by atoms with van der Waals surface area (Å²) in [5.74, 6) is -6.76. The average Bonchev–Trinajstić information content (AvgIpc) is 2.91. The molecule has 12 heteroatoms. The first kappa shape index (κ1) is 34.5. The predicted octanol–water partition coefficient (Wildman–Crippen LogP) is 1.94. The van der Waals surface area contributed by atoms with E-state index in [2.05, 4.69) is 32.9 Å². The molecule has 39 heavy (non-hydrogen) atoms. The van der Waals surface area contributed by atoms with Crippen molar-refractivity contribution < 1.29 is 57.2 Å². The summed E-state index contributed by atoms with van der Waals surface area (Å²) in [5.41, 5.74) is -0.939. The second-order valence-electron chi connectivity index (χ2n) is 8.67. The Bertz CT molecular complexity index is 972. The number of hydrogen-bond donors (Lipinski definition) is 0. The van der Waals surface area contributed by atoms with Gasteiger partial charge >= 0.3 is 35.8 Å². The summed E-state index contributed by atoms with van der Waals surface area (Å²) < 4.78 is 31.5. The summed E-state index contributed by atoms with van der Waals surface area (Å²) in [4.78, 5) is 72.8. The van der Waals surface area contributed by atoms with Gasteiger partial charge in [-0.1, -0.05) is 32.9 Å². The maximum atomic E-state index is 12.5. The van der Waals surface area contributed by atoms with Gasteiger partial charge in [-0.05, 0) is 20.8 Å². The van der Waals surface area contributed by atoms with E-state index in [0.29, 0.717) is 0 Å². The summed E-state index contributed by atoms with van der Waals surface area (Å²) in [6, 6.07) is 0. The van der Waals surface area contributed by atoms with Gasteiger partial charge in [0.05, 0.1) is 11.3 Å². The van der Waals surface area contributed by atoms with Gasteiger partial charge in [-0.25, -0.2) is 24.0 Å². The van der Waals surface area contributed by atoms with E-state index in [4.69, 9.17) is 28.4 Å². The van der Waals surface area contributed by atoms with Crippen LogP contribution >= 0.6 is 0 Å². The molecule has 214 valence electrons. The Balaban J connectivity index is 6.81. The van der Waals surface area contributed by atoms with Gasteiger partial charge in [0, 0.05) is 30.4 Å². The fraction of sp³-hybridized carbons (Fsp3) is 0.407. The molecule has 12 nitrogen and oxygen atoms in total. The van der Waals surface area contributed by atoms with E-state index in [1.165, 1.54) is 0 Å². The minimum Gasteiger partial charge on any atom is -0.465 e. The molecular formula is C27H34O12. The first-order chi connectivity index (χ1) is 18.2. The Hall–Kier alpha value is -4.48. The van der Waals surface area contributed by atoms with Crippen LogP contribution in [0.15, 0.2) is 63.3 Å². The molecule has 0 amide bonds. The fourth-order valence-corrected chi connectivity index (χ4v) is 2.65. The van der Waals surface area contributed by atoms with Gasteiger partial charge in [0.1, 0.15) is 19.8 Å². The fourth-order valence-electron chi connectivity index (χ4n) is 2.65. The predicted molar refractivity (Wildman–Crippen MR) is 136 cm³/mol. The van der Waals surface area contributed by atoms with E-state index in [9.17, 15) is 28.8 Å². The molecule has 4 atom stereocenters. The van der Waals surface area contributed by atoms with Crippen molar-refractivity contribution in [3.8, 4) is 0 Å². The number of ether oxygens (including phenoxy) is 6. The highest BCUT2D eigenvalue weighted by Gasteiger charge is 2.44. The largest absolute Gasteiger partial charge is 0.465 e. The molecule has 0 aliphatic rings. The summed E-state index contributed by atoms with van der Waals surface area (Å²) in [6.45, 7) is 19.5. The third-order valence-electron chi connectivity index (χ3n) is 4.63. The lowest BCUT2D eigenvalue weighted by Crippen LogP contribution is -2.52. The molecule has 0 radical (unpaired) electrons. The lowest BCUT2D eigenvalue weighted by Gasteiger charge is -2.35. The van der Waals surface area contributed by atoms with Crippen LogP contribution in [0.4, 0.5) is 0 Å². The van der Waals surface area contributed by atoms with Crippen LogP contribution < -0.4 is 0 Å². The van der Waals surface area contributed by atoms with Crippen LogP contribution in [0.5, 0.6) is 0 Å². The van der Waals surface area contributed by atoms with Gasteiger partial charge in [-0.2, -0.15) is 0 Å². The summed E-state index contributed by atoms with van der Waals surface area (Å²) in [6.07, 6.45) is -0.923. The summed E-state index contributed by atoms with van der Waals surface area (Å²) in [7, 11) is 0. The zero-order valence-corrected chi connectivity index (χ0v) is 22.3. The topological polar surface area (TPSA) is 158 Å². The van der Waals surface area contributed by atoms with Gasteiger partial charge in [-0.15, -0.1) is 0 Å². The Morgan fingerprint density at radius 1 is 0.564 bits per heavy atom. The maximum absolute atomic E-state index is 12.5. The van der Waals surface area contributed by atoms with Crippen molar-refractivity contribution in [3.05, 3.63) is 63.3 Å². The molecule has 0 aliphatic carbocycles. The van der Waals surface area contributed by atoms with E-state index in [0.717, 1.165) is 30.4 Å². The lowest BCUT2D eigenvalue weighted by atomic mass is 9.94. The number of carbonyl (C=O) groups excluding carboxylic acids is 6. The molecule has 0 saturated heterocycles. The quantitative estimate of drug-likeness (QED) is 0.147. The van der Waals surface area contributed by atoms with Crippen molar-refractivity contribution in [3.63, 3.8) is 0 Å². The van der Waals surface area contributed by atoms with Crippen LogP contribution in [0.25, 0.3) is 0 Å². The van der Waals surface area contributed by atoms with Gasteiger partial charge in [0.2, 0.25) is 0 Å². The third-order valence-corrected chi connectivity index (χ3v) is 4.63. The summed E-state index contributed by atoms with van der Waals surface area (Å²) >= 11 is 0. The van der Waals surface area contributed by atoms with Gasteiger partial charge in [-0.3, -0.25) is 4.79 Å². The first-order valence-corrected chi connectivity index (χ1v) is 11.5. The Morgan fingerprint density at radius 2 is 0.949 bits per heavy atom. The van der Waals surface area contributed by atoms with Crippen molar-refractivity contribution >= 4 is 35.8 Å². The van der Waals surface area contributed by atoms with E-state index in [1.807, 2.05) is 0 Å². The number of esters is 6. The zero-order chi connectivity index (χ0) is 30.2. The highest BCUT2D eigenvalue weighted by atomic mass is 16.6. The van der Waals surface area contributed by atoms with Crippen LogP contribution in [0.3, 0.4) is 0 Å². The van der Waals surface area contributed by atoms with Gasteiger partial charge in [0.25, 0.3) is 0 Å². The zero-order valence-electron chi connectivity index (χ0n) is 22.3. The van der Waals surface area contributed by atoms with Crippen molar-refractivity contribution in [1.29, 1.82) is 0 Å². The van der Waals surface area contributed by atoms with E-state index in [1.54, 1.807) is 20.8 Å². The van der Waals surface area contributed by atoms with Crippen LogP contribution in [0.1, 0.15) is 20.8 Å². The minimum atomic E-state index is -1.72. The molecular weight excluding hydrogens is 516 g/mol. The number of rotatable bonds is 17. The van der Waals surface area contributed by atoms with Crippen LogP contribution in [-0.4, -0.2) is 73.9 Å². The Morgan fingerprint density at radius 3 is 1.38 bits per heavy atom. The van der Waals surface area contributed by atoms with Crippen LogP contribution in [0, 0.1) is 11.3 Å². The molecule has 0 saturated carbocycles.